The van der Waals surface area contributed by atoms with E-state index in [2.05, 4.69) is 10.00 Å². The second-order valence-electron chi connectivity index (χ2n) is 9.88. The van der Waals surface area contributed by atoms with E-state index in [0.29, 0.717) is 17.4 Å². The molecule has 1 amide bonds. The number of aromatic nitrogens is 2. The third-order valence-corrected chi connectivity index (χ3v) is 7.82. The van der Waals surface area contributed by atoms with E-state index < -0.39 is 0 Å². The van der Waals surface area contributed by atoms with E-state index in [4.69, 9.17) is 4.42 Å². The Bertz CT molecular complexity index is 1140. The van der Waals surface area contributed by atoms with Crippen molar-refractivity contribution in [3.05, 3.63) is 64.8 Å². The summed E-state index contributed by atoms with van der Waals surface area (Å²) in [6.45, 7) is 0.624. The van der Waals surface area contributed by atoms with Crippen LogP contribution in [0.2, 0.25) is 0 Å². The molecule has 7 rings (SSSR count). The smallest absolute Gasteiger partial charge is 0.245 e. The maximum absolute atomic E-state index is 13.8. The van der Waals surface area contributed by atoms with Gasteiger partial charge in [-0.15, -0.1) is 0 Å². The van der Waals surface area contributed by atoms with E-state index in [-0.39, 0.29) is 23.4 Å². The van der Waals surface area contributed by atoms with Crippen LogP contribution in [0.25, 0.3) is 10.9 Å². The van der Waals surface area contributed by atoms with Gasteiger partial charge in [0.2, 0.25) is 11.3 Å². The Morgan fingerprint density at radius 3 is 2.45 bits per heavy atom. The first-order chi connectivity index (χ1) is 15.1. The van der Waals surface area contributed by atoms with Crippen LogP contribution in [0.3, 0.4) is 0 Å². The van der Waals surface area contributed by atoms with Crippen LogP contribution in [0.15, 0.2) is 58.1 Å². The van der Waals surface area contributed by atoms with Crippen LogP contribution in [0, 0.1) is 17.8 Å². The molecular weight excluding hydrogens is 390 g/mol. The number of nitrogens with zero attached hydrogens (tertiary/aromatic N) is 3. The van der Waals surface area contributed by atoms with Gasteiger partial charge in [0.1, 0.15) is 12.3 Å². The average Bonchev–Trinajstić information content (AvgIpc) is 3.26. The molecule has 0 unspecified atom stereocenters. The summed E-state index contributed by atoms with van der Waals surface area (Å²) < 4.78 is 7.33. The Morgan fingerprint density at radius 2 is 1.77 bits per heavy atom. The highest BCUT2D eigenvalue weighted by molar-refractivity contribution is 5.82. The van der Waals surface area contributed by atoms with Crippen LogP contribution < -0.4 is 5.43 Å². The molecule has 6 nitrogen and oxygen atoms in total. The fourth-order valence-electron chi connectivity index (χ4n) is 6.97. The monoisotopic (exact) mass is 417 g/mol. The first-order valence-electron chi connectivity index (χ1n) is 11.4. The Balaban J connectivity index is 1.36. The number of furan rings is 1. The molecule has 0 N–H and O–H groups in total. The summed E-state index contributed by atoms with van der Waals surface area (Å²) in [6.07, 6.45) is 10.3. The van der Waals surface area contributed by atoms with Crippen molar-refractivity contribution in [2.75, 3.05) is 0 Å². The SMILES string of the molecule is O=C(Cn1ncc(=O)c2ccccc21)N(Cc1ccco1)C12CC3CC(CC(C3)C1)C2. The largest absolute Gasteiger partial charge is 0.467 e. The Kier molecular flexibility index (Phi) is 4.30. The molecule has 0 atom stereocenters. The van der Waals surface area contributed by atoms with Crippen molar-refractivity contribution in [1.82, 2.24) is 14.7 Å². The van der Waals surface area contributed by atoms with Gasteiger partial charge in [-0.3, -0.25) is 14.3 Å². The van der Waals surface area contributed by atoms with Gasteiger partial charge in [0.25, 0.3) is 0 Å². The minimum atomic E-state index is -0.118. The lowest BCUT2D eigenvalue weighted by Crippen LogP contribution is -2.61. The average molecular weight is 418 g/mol. The Labute approximate surface area is 180 Å². The standard InChI is InChI=1S/C25H27N3O3/c29-23-14-26-28(22-6-2-1-5-21(22)23)16-24(30)27(15-20-4-3-7-31-20)25-11-17-8-18(12-25)10-19(9-17)13-25/h1-7,14,17-19H,8-13,15-16H2. The molecule has 4 bridgehead atoms. The molecule has 0 spiro atoms. The van der Waals surface area contributed by atoms with Gasteiger partial charge in [0.15, 0.2) is 0 Å². The van der Waals surface area contributed by atoms with Crippen LogP contribution in [0.5, 0.6) is 0 Å². The molecule has 160 valence electrons. The maximum Gasteiger partial charge on any atom is 0.245 e. The van der Waals surface area contributed by atoms with E-state index >= 15 is 0 Å². The van der Waals surface area contributed by atoms with Crippen LogP contribution in [-0.4, -0.2) is 26.1 Å². The van der Waals surface area contributed by atoms with Crippen LogP contribution >= 0.6 is 0 Å². The van der Waals surface area contributed by atoms with Crippen molar-refractivity contribution in [2.45, 2.75) is 57.2 Å². The number of carbonyl (C=O) groups excluding carboxylic acids is 1. The van der Waals surface area contributed by atoms with Crippen molar-refractivity contribution in [2.24, 2.45) is 17.8 Å². The molecule has 4 saturated carbocycles. The summed E-state index contributed by atoms with van der Waals surface area (Å²) in [5.41, 5.74) is 0.507. The van der Waals surface area contributed by atoms with Crippen molar-refractivity contribution in [3.8, 4) is 0 Å². The summed E-state index contributed by atoms with van der Waals surface area (Å²) in [6, 6.07) is 11.2. The molecule has 2 aromatic heterocycles. The molecule has 0 radical (unpaired) electrons. The molecule has 4 aliphatic carbocycles. The van der Waals surface area contributed by atoms with Crippen molar-refractivity contribution in [1.29, 1.82) is 0 Å². The topological polar surface area (TPSA) is 68.3 Å². The van der Waals surface area contributed by atoms with Crippen LogP contribution in [0.4, 0.5) is 0 Å². The minimum Gasteiger partial charge on any atom is -0.467 e. The lowest BCUT2D eigenvalue weighted by Gasteiger charge is -2.60. The number of benzene rings is 1. The minimum absolute atomic E-state index is 0.0552. The zero-order chi connectivity index (χ0) is 21.0. The fraction of sp³-hybridized carbons (Fsp3) is 0.480. The zero-order valence-corrected chi connectivity index (χ0v) is 17.6. The van der Waals surface area contributed by atoms with Gasteiger partial charge >= 0.3 is 0 Å². The lowest BCUT2D eigenvalue weighted by atomic mass is 9.52. The summed E-state index contributed by atoms with van der Waals surface area (Å²) in [4.78, 5) is 28.1. The van der Waals surface area contributed by atoms with Gasteiger partial charge in [0.05, 0.1) is 24.5 Å². The van der Waals surface area contributed by atoms with E-state index in [1.165, 1.54) is 25.5 Å². The third-order valence-electron chi connectivity index (χ3n) is 7.82. The normalized spacial score (nSPS) is 28.8. The van der Waals surface area contributed by atoms with Gasteiger partial charge in [-0.05, 0) is 80.5 Å². The Hall–Kier alpha value is -2.89. The molecular formula is C25H27N3O3. The molecule has 6 heteroatoms. The van der Waals surface area contributed by atoms with Gasteiger partial charge < -0.3 is 9.32 Å². The summed E-state index contributed by atoms with van der Waals surface area (Å²) in [5.74, 6) is 3.10. The summed E-state index contributed by atoms with van der Waals surface area (Å²) in [7, 11) is 0. The molecule has 31 heavy (non-hydrogen) atoms. The molecule has 2 heterocycles. The van der Waals surface area contributed by atoms with Gasteiger partial charge in [-0.1, -0.05) is 12.1 Å². The molecule has 1 aromatic carbocycles. The maximum atomic E-state index is 13.8. The predicted molar refractivity (Wildman–Crippen MR) is 116 cm³/mol. The highest BCUT2D eigenvalue weighted by Crippen LogP contribution is 2.58. The van der Waals surface area contributed by atoms with E-state index in [9.17, 15) is 9.59 Å². The number of carbonyl (C=O) groups is 1. The van der Waals surface area contributed by atoms with Gasteiger partial charge in [-0.25, -0.2) is 0 Å². The van der Waals surface area contributed by atoms with Gasteiger partial charge in [-0.2, -0.15) is 5.10 Å². The molecule has 0 aliphatic heterocycles. The summed E-state index contributed by atoms with van der Waals surface area (Å²) in [5, 5.41) is 4.90. The first-order valence-corrected chi connectivity index (χ1v) is 11.4. The number of hydrogen-bond donors (Lipinski definition) is 0. The van der Waals surface area contributed by atoms with E-state index in [0.717, 1.165) is 42.8 Å². The number of rotatable bonds is 5. The molecule has 0 saturated heterocycles. The van der Waals surface area contributed by atoms with Crippen molar-refractivity contribution >= 4 is 16.8 Å². The van der Waals surface area contributed by atoms with E-state index in [1.54, 1.807) is 17.0 Å². The highest BCUT2D eigenvalue weighted by atomic mass is 16.3. The second kappa shape index (κ2) is 7.08. The number of fused-ring (bicyclic) bond motifs is 1. The summed E-state index contributed by atoms with van der Waals surface area (Å²) >= 11 is 0. The number of para-hydroxylation sites is 1. The quantitative estimate of drug-likeness (QED) is 0.630. The molecule has 4 fully saturated rings. The first kappa shape index (κ1) is 18.8. The predicted octanol–water partition coefficient (Wildman–Crippen LogP) is 3.99. The second-order valence-corrected chi connectivity index (χ2v) is 9.88. The lowest BCUT2D eigenvalue weighted by molar-refractivity contribution is -0.153. The zero-order valence-electron chi connectivity index (χ0n) is 17.6. The molecule has 3 aromatic rings. The fourth-order valence-corrected chi connectivity index (χ4v) is 6.97. The number of hydrogen-bond acceptors (Lipinski definition) is 4. The van der Waals surface area contributed by atoms with E-state index in [1.807, 2.05) is 30.3 Å². The highest BCUT2D eigenvalue weighted by Gasteiger charge is 2.54. The third kappa shape index (κ3) is 3.20. The van der Waals surface area contributed by atoms with Crippen molar-refractivity contribution in [3.63, 3.8) is 0 Å². The van der Waals surface area contributed by atoms with Crippen LogP contribution in [0.1, 0.15) is 44.3 Å². The Morgan fingerprint density at radius 1 is 1.06 bits per heavy atom. The van der Waals surface area contributed by atoms with Crippen LogP contribution in [-0.2, 0) is 17.9 Å². The molecule has 4 aliphatic rings. The number of amides is 1. The van der Waals surface area contributed by atoms with Gasteiger partial charge in [0, 0.05) is 10.9 Å². The van der Waals surface area contributed by atoms with Crippen molar-refractivity contribution < 1.29 is 9.21 Å².